The van der Waals surface area contributed by atoms with E-state index in [9.17, 15) is 0 Å². The highest BCUT2D eigenvalue weighted by molar-refractivity contribution is 5.74. The van der Waals surface area contributed by atoms with Crippen molar-refractivity contribution in [2.24, 2.45) is 0 Å². The molecule has 3 heterocycles. The second-order valence-corrected chi connectivity index (χ2v) is 4.03. The molecule has 0 atom stereocenters. The van der Waals surface area contributed by atoms with Crippen LogP contribution in [0, 0.1) is 0 Å². The molecule has 0 unspecified atom stereocenters. The molecule has 0 saturated heterocycles. The second kappa shape index (κ2) is 3.99. The van der Waals surface area contributed by atoms with Crippen molar-refractivity contribution in [1.29, 1.82) is 0 Å². The van der Waals surface area contributed by atoms with Crippen LogP contribution in [0.5, 0.6) is 0 Å². The Morgan fingerprint density at radius 3 is 2.83 bits per heavy atom. The Kier molecular flexibility index (Phi) is 2.33. The van der Waals surface area contributed by atoms with Gasteiger partial charge in [-0.2, -0.15) is 4.98 Å². The van der Waals surface area contributed by atoms with E-state index in [1.807, 2.05) is 24.4 Å². The molecule has 6 heteroatoms. The highest BCUT2D eigenvalue weighted by atomic mass is 15.0. The maximum absolute atomic E-state index is 5.80. The molecule has 5 N–H and O–H groups in total. The van der Waals surface area contributed by atoms with Crippen molar-refractivity contribution in [3.63, 3.8) is 0 Å². The lowest BCUT2D eigenvalue weighted by Crippen LogP contribution is -2.04. The van der Waals surface area contributed by atoms with Gasteiger partial charge in [-0.05, 0) is 18.2 Å². The summed E-state index contributed by atoms with van der Waals surface area (Å²) in [5, 5.41) is 0. The molecule has 0 radical (unpaired) electrons. The maximum Gasteiger partial charge on any atom is 0.221 e. The minimum atomic E-state index is 0.185. The van der Waals surface area contributed by atoms with Crippen LogP contribution in [0.25, 0.3) is 11.0 Å². The first-order valence-electron chi connectivity index (χ1n) is 5.52. The predicted molar refractivity (Wildman–Crippen MR) is 69.8 cm³/mol. The number of hydrogen-bond donors (Lipinski definition) is 3. The summed E-state index contributed by atoms with van der Waals surface area (Å²) >= 11 is 0. The fourth-order valence-corrected chi connectivity index (χ4v) is 1.84. The lowest BCUT2D eigenvalue weighted by atomic mass is 10.1. The lowest BCUT2D eigenvalue weighted by molar-refractivity contribution is 1.05. The van der Waals surface area contributed by atoms with Crippen LogP contribution in [0.4, 0.5) is 11.8 Å². The van der Waals surface area contributed by atoms with Gasteiger partial charge in [0.25, 0.3) is 0 Å². The monoisotopic (exact) mass is 240 g/mol. The maximum atomic E-state index is 5.80. The van der Waals surface area contributed by atoms with Crippen molar-refractivity contribution >= 4 is 22.8 Å². The van der Waals surface area contributed by atoms with E-state index in [0.717, 1.165) is 22.3 Å². The van der Waals surface area contributed by atoms with Gasteiger partial charge in [-0.1, -0.05) is 0 Å². The Balaban J connectivity index is 1.95. The quantitative estimate of drug-likeness (QED) is 0.622. The molecular weight excluding hydrogens is 228 g/mol. The zero-order valence-electron chi connectivity index (χ0n) is 9.59. The van der Waals surface area contributed by atoms with Gasteiger partial charge in [0.15, 0.2) is 0 Å². The minimum Gasteiger partial charge on any atom is -0.383 e. The summed E-state index contributed by atoms with van der Waals surface area (Å²) in [5.74, 6) is 0.587. The van der Waals surface area contributed by atoms with Gasteiger partial charge in [-0.15, -0.1) is 0 Å². The summed E-state index contributed by atoms with van der Waals surface area (Å²) in [6.45, 7) is 0. The van der Waals surface area contributed by atoms with Crippen LogP contribution < -0.4 is 11.5 Å². The van der Waals surface area contributed by atoms with Crippen molar-refractivity contribution in [2.75, 3.05) is 11.5 Å². The molecule has 0 aliphatic heterocycles. The van der Waals surface area contributed by atoms with Crippen molar-refractivity contribution in [3.8, 4) is 0 Å². The average Bonchev–Trinajstić information content (AvgIpc) is 2.80. The number of hydrogen-bond acceptors (Lipinski definition) is 5. The van der Waals surface area contributed by atoms with E-state index in [-0.39, 0.29) is 5.95 Å². The van der Waals surface area contributed by atoms with E-state index < -0.39 is 0 Å². The van der Waals surface area contributed by atoms with Gasteiger partial charge in [-0.25, -0.2) is 4.98 Å². The molecule has 0 amide bonds. The number of nitrogen functional groups attached to an aromatic ring is 2. The summed E-state index contributed by atoms with van der Waals surface area (Å²) < 4.78 is 0. The Hall–Kier alpha value is -2.63. The van der Waals surface area contributed by atoms with E-state index in [4.69, 9.17) is 11.5 Å². The Morgan fingerprint density at radius 1 is 1.11 bits per heavy atom. The standard InChI is InChI=1S/C12H12N6/c13-11-7(6-16-12(14)18-11)5-8-1-2-9-10(17-8)3-4-15-9/h1-4,6,15H,5H2,(H4,13,14,16,18). The molecule has 0 fully saturated rings. The van der Waals surface area contributed by atoms with Gasteiger partial charge >= 0.3 is 0 Å². The number of pyridine rings is 1. The smallest absolute Gasteiger partial charge is 0.221 e. The third kappa shape index (κ3) is 1.84. The van der Waals surface area contributed by atoms with E-state index in [0.29, 0.717) is 12.2 Å². The average molecular weight is 240 g/mol. The second-order valence-electron chi connectivity index (χ2n) is 4.03. The normalized spacial score (nSPS) is 10.9. The van der Waals surface area contributed by atoms with Gasteiger partial charge < -0.3 is 16.5 Å². The van der Waals surface area contributed by atoms with Gasteiger partial charge in [0.05, 0.1) is 11.0 Å². The number of aromatic nitrogens is 4. The first-order valence-corrected chi connectivity index (χ1v) is 5.52. The topological polar surface area (TPSA) is 106 Å². The van der Waals surface area contributed by atoms with E-state index in [2.05, 4.69) is 19.9 Å². The third-order valence-electron chi connectivity index (χ3n) is 2.75. The number of H-pyrrole nitrogens is 1. The minimum absolute atomic E-state index is 0.185. The Labute approximate surface area is 103 Å². The number of nitrogens with one attached hydrogen (secondary N) is 1. The number of fused-ring (bicyclic) bond motifs is 1. The highest BCUT2D eigenvalue weighted by Crippen LogP contribution is 2.16. The molecule has 3 rings (SSSR count). The molecule has 0 spiro atoms. The molecule has 0 bridgehead atoms. The number of nitrogens with zero attached hydrogens (tertiary/aromatic N) is 3. The van der Waals surface area contributed by atoms with Crippen molar-refractivity contribution in [3.05, 3.63) is 41.9 Å². The summed E-state index contributed by atoms with van der Waals surface area (Å²) in [5.41, 5.74) is 14.9. The summed E-state index contributed by atoms with van der Waals surface area (Å²) in [6.07, 6.45) is 4.09. The Bertz CT molecular complexity index is 703. The van der Waals surface area contributed by atoms with Crippen LogP contribution in [0.1, 0.15) is 11.3 Å². The first kappa shape index (κ1) is 10.5. The predicted octanol–water partition coefficient (Wildman–Crippen LogP) is 1.11. The molecule has 0 aliphatic carbocycles. The van der Waals surface area contributed by atoms with E-state index in [1.165, 1.54) is 0 Å². The number of aromatic amines is 1. The summed E-state index contributed by atoms with van der Waals surface area (Å²) in [7, 11) is 0. The van der Waals surface area contributed by atoms with Gasteiger partial charge in [-0.3, -0.25) is 4.98 Å². The van der Waals surface area contributed by atoms with Crippen LogP contribution >= 0.6 is 0 Å². The molecule has 0 saturated carbocycles. The highest BCUT2D eigenvalue weighted by Gasteiger charge is 2.06. The molecule has 0 aliphatic rings. The number of anilines is 2. The van der Waals surface area contributed by atoms with Crippen LogP contribution in [0.2, 0.25) is 0 Å². The van der Waals surface area contributed by atoms with Crippen LogP contribution in [-0.4, -0.2) is 19.9 Å². The van der Waals surface area contributed by atoms with E-state index in [1.54, 1.807) is 6.20 Å². The van der Waals surface area contributed by atoms with Crippen molar-refractivity contribution < 1.29 is 0 Å². The third-order valence-corrected chi connectivity index (χ3v) is 2.75. The summed E-state index contributed by atoms with van der Waals surface area (Å²) in [4.78, 5) is 15.5. The van der Waals surface area contributed by atoms with Crippen LogP contribution in [0.15, 0.2) is 30.6 Å². The Morgan fingerprint density at radius 2 is 2.00 bits per heavy atom. The zero-order chi connectivity index (χ0) is 12.5. The van der Waals surface area contributed by atoms with Crippen molar-refractivity contribution in [1.82, 2.24) is 19.9 Å². The van der Waals surface area contributed by atoms with Gasteiger partial charge in [0.1, 0.15) is 5.82 Å². The zero-order valence-corrected chi connectivity index (χ0v) is 9.59. The van der Waals surface area contributed by atoms with E-state index >= 15 is 0 Å². The first-order chi connectivity index (χ1) is 8.72. The largest absolute Gasteiger partial charge is 0.383 e. The van der Waals surface area contributed by atoms with Crippen LogP contribution in [-0.2, 0) is 6.42 Å². The molecule has 90 valence electrons. The summed E-state index contributed by atoms with van der Waals surface area (Å²) in [6, 6.07) is 5.88. The van der Waals surface area contributed by atoms with Crippen LogP contribution in [0.3, 0.4) is 0 Å². The van der Waals surface area contributed by atoms with Gasteiger partial charge in [0, 0.05) is 30.1 Å². The van der Waals surface area contributed by atoms with Gasteiger partial charge in [0.2, 0.25) is 5.95 Å². The number of rotatable bonds is 2. The SMILES string of the molecule is Nc1ncc(Cc2ccc3[nH]ccc3n2)c(N)n1. The lowest BCUT2D eigenvalue weighted by Gasteiger charge is -2.04. The molecular formula is C12H12N6. The fourth-order valence-electron chi connectivity index (χ4n) is 1.84. The molecule has 3 aromatic rings. The molecule has 18 heavy (non-hydrogen) atoms. The molecule has 3 aromatic heterocycles. The molecule has 6 nitrogen and oxygen atoms in total. The fraction of sp³-hybridized carbons (Fsp3) is 0.0833. The number of nitrogens with two attached hydrogens (primary N) is 2. The van der Waals surface area contributed by atoms with Crippen molar-refractivity contribution in [2.45, 2.75) is 6.42 Å². The molecule has 0 aromatic carbocycles.